The van der Waals surface area contributed by atoms with Crippen molar-refractivity contribution in [1.29, 1.82) is 5.26 Å². The second-order valence-electron chi connectivity index (χ2n) is 2.25. The molecule has 0 aliphatic carbocycles. The highest BCUT2D eigenvalue weighted by atomic mass is 19.1. The van der Waals surface area contributed by atoms with E-state index in [9.17, 15) is 4.39 Å². The smallest absolute Gasteiger partial charge is 0.145 e. The molecule has 1 aromatic rings. The molecular formula is C8H7FN2. The van der Waals surface area contributed by atoms with Crippen LogP contribution in [-0.2, 0) is 6.42 Å². The van der Waals surface area contributed by atoms with Crippen LogP contribution in [0, 0.1) is 24.1 Å². The highest BCUT2D eigenvalue weighted by Crippen LogP contribution is 2.10. The van der Waals surface area contributed by atoms with Crippen LogP contribution in [0.5, 0.6) is 0 Å². The number of halogens is 1. The van der Waals surface area contributed by atoms with Gasteiger partial charge in [-0.15, -0.1) is 0 Å². The standard InChI is InChI=1S/C8H7FN2/c1-6-4-11-5-8(9)7(6)2-3-10/h4-5H,2H2,1H3. The lowest BCUT2D eigenvalue weighted by Gasteiger charge is -1.99. The lowest BCUT2D eigenvalue weighted by atomic mass is 10.1. The van der Waals surface area contributed by atoms with E-state index in [1.807, 2.05) is 6.07 Å². The van der Waals surface area contributed by atoms with E-state index in [1.165, 1.54) is 0 Å². The molecule has 1 heterocycles. The van der Waals surface area contributed by atoms with Crippen molar-refractivity contribution >= 4 is 0 Å². The highest BCUT2D eigenvalue weighted by molar-refractivity contribution is 5.25. The van der Waals surface area contributed by atoms with Gasteiger partial charge in [0.1, 0.15) is 5.82 Å². The number of hydrogen-bond donors (Lipinski definition) is 0. The van der Waals surface area contributed by atoms with Crippen LogP contribution in [0.4, 0.5) is 4.39 Å². The van der Waals surface area contributed by atoms with Crippen molar-refractivity contribution in [3.05, 3.63) is 29.3 Å². The Hall–Kier alpha value is -1.43. The van der Waals surface area contributed by atoms with Gasteiger partial charge >= 0.3 is 0 Å². The van der Waals surface area contributed by atoms with Gasteiger partial charge < -0.3 is 0 Å². The van der Waals surface area contributed by atoms with E-state index in [0.717, 1.165) is 11.8 Å². The molecule has 0 unspecified atom stereocenters. The first-order valence-electron chi connectivity index (χ1n) is 3.21. The van der Waals surface area contributed by atoms with Gasteiger partial charge in [-0.3, -0.25) is 4.98 Å². The fourth-order valence-corrected chi connectivity index (χ4v) is 0.862. The molecule has 0 aliphatic heterocycles. The van der Waals surface area contributed by atoms with Gasteiger partial charge in [0, 0.05) is 11.8 Å². The van der Waals surface area contributed by atoms with Gasteiger partial charge in [-0.25, -0.2) is 4.39 Å². The van der Waals surface area contributed by atoms with Crippen LogP contribution in [0.15, 0.2) is 12.4 Å². The summed E-state index contributed by atoms with van der Waals surface area (Å²) in [5, 5.41) is 8.33. The first kappa shape index (κ1) is 7.67. The molecule has 0 aromatic carbocycles. The van der Waals surface area contributed by atoms with Crippen LogP contribution in [-0.4, -0.2) is 4.98 Å². The quantitative estimate of drug-likeness (QED) is 0.609. The third-order valence-corrected chi connectivity index (χ3v) is 1.48. The molecule has 0 saturated carbocycles. The third kappa shape index (κ3) is 1.53. The molecule has 1 aromatic heterocycles. The fraction of sp³-hybridized carbons (Fsp3) is 0.250. The number of hydrogen-bond acceptors (Lipinski definition) is 2. The van der Waals surface area contributed by atoms with Crippen molar-refractivity contribution in [3.63, 3.8) is 0 Å². The Morgan fingerprint density at radius 2 is 2.36 bits per heavy atom. The summed E-state index contributed by atoms with van der Waals surface area (Å²) in [6.07, 6.45) is 2.79. The van der Waals surface area contributed by atoms with E-state index < -0.39 is 5.82 Å². The molecule has 56 valence electrons. The minimum absolute atomic E-state index is 0.111. The molecule has 0 N–H and O–H groups in total. The van der Waals surface area contributed by atoms with Crippen LogP contribution >= 0.6 is 0 Å². The van der Waals surface area contributed by atoms with Crippen molar-refractivity contribution in [1.82, 2.24) is 4.98 Å². The van der Waals surface area contributed by atoms with Crippen molar-refractivity contribution in [3.8, 4) is 6.07 Å². The predicted octanol–water partition coefficient (Wildman–Crippen LogP) is 1.60. The summed E-state index contributed by atoms with van der Waals surface area (Å²) in [6.45, 7) is 1.74. The number of rotatable bonds is 1. The zero-order chi connectivity index (χ0) is 8.27. The summed E-state index contributed by atoms with van der Waals surface area (Å²) < 4.78 is 12.8. The molecule has 0 saturated heterocycles. The third-order valence-electron chi connectivity index (χ3n) is 1.48. The maximum absolute atomic E-state index is 12.8. The van der Waals surface area contributed by atoms with Crippen molar-refractivity contribution in [2.24, 2.45) is 0 Å². The Kier molecular flexibility index (Phi) is 2.17. The Morgan fingerprint density at radius 1 is 1.64 bits per heavy atom. The molecule has 0 bridgehead atoms. The topological polar surface area (TPSA) is 36.7 Å². The van der Waals surface area contributed by atoms with Crippen LogP contribution < -0.4 is 0 Å². The maximum Gasteiger partial charge on any atom is 0.145 e. The van der Waals surface area contributed by atoms with Gasteiger partial charge in [-0.2, -0.15) is 5.26 Å². The largest absolute Gasteiger partial charge is 0.261 e. The molecule has 0 radical (unpaired) electrons. The number of nitrogens with zero attached hydrogens (tertiary/aromatic N) is 2. The van der Waals surface area contributed by atoms with Gasteiger partial charge in [-0.1, -0.05) is 0 Å². The number of nitriles is 1. The minimum Gasteiger partial charge on any atom is -0.261 e. The summed E-state index contributed by atoms with van der Waals surface area (Å²) in [5.74, 6) is -0.397. The monoisotopic (exact) mass is 150 g/mol. The van der Waals surface area contributed by atoms with Crippen LogP contribution in [0.2, 0.25) is 0 Å². The van der Waals surface area contributed by atoms with Gasteiger partial charge in [-0.05, 0) is 12.5 Å². The van der Waals surface area contributed by atoms with Gasteiger partial charge in [0.2, 0.25) is 0 Å². The molecule has 11 heavy (non-hydrogen) atoms. The van der Waals surface area contributed by atoms with Gasteiger partial charge in [0.25, 0.3) is 0 Å². The van der Waals surface area contributed by atoms with Gasteiger partial charge in [0.05, 0.1) is 18.7 Å². The summed E-state index contributed by atoms with van der Waals surface area (Å²) >= 11 is 0. The first-order chi connectivity index (χ1) is 5.25. The SMILES string of the molecule is Cc1cncc(F)c1CC#N. The Balaban J connectivity index is 3.12. The zero-order valence-electron chi connectivity index (χ0n) is 6.13. The summed E-state index contributed by atoms with van der Waals surface area (Å²) in [4.78, 5) is 3.64. The molecule has 3 heteroatoms. The Morgan fingerprint density at radius 3 is 2.91 bits per heavy atom. The highest BCUT2D eigenvalue weighted by Gasteiger charge is 2.03. The second-order valence-corrected chi connectivity index (χ2v) is 2.25. The number of pyridine rings is 1. The lowest BCUT2D eigenvalue weighted by Crippen LogP contribution is -1.93. The van der Waals surface area contributed by atoms with Gasteiger partial charge in [0.15, 0.2) is 0 Å². The molecule has 0 spiro atoms. The second kappa shape index (κ2) is 3.11. The average molecular weight is 150 g/mol. The van der Waals surface area contributed by atoms with E-state index in [2.05, 4.69) is 4.98 Å². The van der Waals surface area contributed by atoms with E-state index in [0.29, 0.717) is 5.56 Å². The Labute approximate surface area is 64.3 Å². The maximum atomic E-state index is 12.8. The molecule has 0 amide bonds. The normalized spacial score (nSPS) is 9.18. The van der Waals surface area contributed by atoms with Crippen molar-refractivity contribution < 1.29 is 4.39 Å². The van der Waals surface area contributed by atoms with E-state index in [1.54, 1.807) is 13.1 Å². The molecule has 2 nitrogen and oxygen atoms in total. The fourth-order valence-electron chi connectivity index (χ4n) is 0.862. The average Bonchev–Trinajstić information content (AvgIpc) is 1.97. The number of aryl methyl sites for hydroxylation is 1. The van der Waals surface area contributed by atoms with E-state index in [4.69, 9.17) is 5.26 Å². The van der Waals surface area contributed by atoms with Crippen molar-refractivity contribution in [2.75, 3.05) is 0 Å². The van der Waals surface area contributed by atoms with Crippen molar-refractivity contribution in [2.45, 2.75) is 13.3 Å². The van der Waals surface area contributed by atoms with Crippen LogP contribution in [0.1, 0.15) is 11.1 Å². The molecule has 0 aliphatic rings. The minimum atomic E-state index is -0.397. The summed E-state index contributed by atoms with van der Waals surface area (Å²) in [6, 6.07) is 1.90. The Bertz CT molecular complexity index is 281. The zero-order valence-corrected chi connectivity index (χ0v) is 6.13. The lowest BCUT2D eigenvalue weighted by molar-refractivity contribution is 0.606. The van der Waals surface area contributed by atoms with Crippen LogP contribution in [0.3, 0.4) is 0 Å². The predicted molar refractivity (Wildman–Crippen MR) is 38.2 cm³/mol. The van der Waals surface area contributed by atoms with E-state index >= 15 is 0 Å². The van der Waals surface area contributed by atoms with Crippen LogP contribution in [0.25, 0.3) is 0 Å². The molecule has 1 rings (SSSR count). The molecule has 0 atom stereocenters. The molecule has 0 fully saturated rings. The first-order valence-corrected chi connectivity index (χ1v) is 3.21. The summed E-state index contributed by atoms with van der Waals surface area (Å²) in [5.41, 5.74) is 1.18. The summed E-state index contributed by atoms with van der Waals surface area (Å²) in [7, 11) is 0. The number of aromatic nitrogens is 1. The van der Waals surface area contributed by atoms with E-state index in [-0.39, 0.29) is 6.42 Å². The molecular weight excluding hydrogens is 143 g/mol.